The van der Waals surface area contributed by atoms with Crippen molar-refractivity contribution in [1.82, 2.24) is 23.7 Å². The lowest BCUT2D eigenvalue weighted by atomic mass is 9.95. The largest absolute Gasteiger partial charge is 0.308 e. The summed E-state index contributed by atoms with van der Waals surface area (Å²) >= 11 is 0. The Morgan fingerprint density at radius 2 is 0.595 bits per heavy atom. The van der Waals surface area contributed by atoms with Gasteiger partial charge in [0.2, 0.25) is 0 Å². The van der Waals surface area contributed by atoms with Crippen LogP contribution in [0.15, 0.2) is 267 Å². The standard InChI is InChI=1S/C69H47N5/c1-46-55-36-20-22-38-57(55)67(58-39-23-21-37-56(46)58)74-61-42-40-51(68-70-63(47-24-8-2-9-25-47)65(49-28-12-4-13-29-49)72(68)53-32-16-6-17-33-53)44-59(61)60-45-52(41-43-62(60)74)69-71-64(48-26-10-3-11-27-48)66(50-30-14-5-15-31-50)73(69)54-34-18-7-19-35-54/h2-45H,1H3. The zero-order valence-corrected chi connectivity index (χ0v) is 40.6. The molecule has 14 aromatic rings. The fraction of sp³-hybridized carbons (Fsp3) is 0.0145. The van der Waals surface area contributed by atoms with Crippen LogP contribution in [0.2, 0.25) is 0 Å². The number of hydrogen-bond donors (Lipinski definition) is 0. The minimum atomic E-state index is 0.860. The lowest BCUT2D eigenvalue weighted by Gasteiger charge is -2.18. The van der Waals surface area contributed by atoms with E-state index >= 15 is 0 Å². The Morgan fingerprint density at radius 3 is 0.973 bits per heavy atom. The zero-order chi connectivity index (χ0) is 49.1. The van der Waals surface area contributed by atoms with Crippen LogP contribution in [0.25, 0.3) is 128 Å². The van der Waals surface area contributed by atoms with Gasteiger partial charge in [0.1, 0.15) is 11.6 Å². The third-order valence-corrected chi connectivity index (χ3v) is 14.6. The van der Waals surface area contributed by atoms with Crippen molar-refractivity contribution in [2.45, 2.75) is 6.92 Å². The van der Waals surface area contributed by atoms with Crippen LogP contribution in [0, 0.1) is 6.92 Å². The van der Waals surface area contributed by atoms with Gasteiger partial charge in [0.15, 0.2) is 0 Å². The molecule has 0 saturated carbocycles. The molecule has 0 saturated heterocycles. The van der Waals surface area contributed by atoms with Crippen molar-refractivity contribution >= 4 is 43.4 Å². The van der Waals surface area contributed by atoms with Crippen molar-refractivity contribution in [2.75, 3.05) is 0 Å². The van der Waals surface area contributed by atoms with Gasteiger partial charge in [-0.05, 0) is 83.9 Å². The molecule has 0 atom stereocenters. The monoisotopic (exact) mass is 945 g/mol. The lowest BCUT2D eigenvalue weighted by Crippen LogP contribution is -2.01. The molecule has 0 bridgehead atoms. The van der Waals surface area contributed by atoms with Crippen molar-refractivity contribution in [2.24, 2.45) is 0 Å². The van der Waals surface area contributed by atoms with Crippen LogP contribution in [-0.2, 0) is 0 Å². The summed E-state index contributed by atoms with van der Waals surface area (Å²) in [5.41, 5.74) is 17.0. The van der Waals surface area contributed by atoms with Gasteiger partial charge < -0.3 is 4.57 Å². The molecule has 0 aliphatic heterocycles. The van der Waals surface area contributed by atoms with Crippen LogP contribution >= 0.6 is 0 Å². The molecule has 348 valence electrons. The number of hydrogen-bond acceptors (Lipinski definition) is 2. The maximum atomic E-state index is 5.67. The normalized spacial score (nSPS) is 11.6. The SMILES string of the molecule is Cc1c2ccccc2c(-n2c3ccc(-c4nc(-c5ccccc5)c(-c5ccccc5)n4-c4ccccc4)cc3c3cc(-c4nc(-c5ccccc5)c(-c5ccccc5)n4-c4ccccc4)ccc32)c2ccccc12. The average Bonchev–Trinajstić information content (AvgIpc) is 4.22. The summed E-state index contributed by atoms with van der Waals surface area (Å²) in [5, 5.41) is 7.11. The van der Waals surface area contributed by atoms with Gasteiger partial charge in [-0.1, -0.05) is 206 Å². The van der Waals surface area contributed by atoms with E-state index in [1.54, 1.807) is 0 Å². The summed E-state index contributed by atoms with van der Waals surface area (Å²) in [6.45, 7) is 2.25. The Morgan fingerprint density at radius 1 is 0.270 bits per heavy atom. The first kappa shape index (κ1) is 43.0. The molecule has 0 unspecified atom stereocenters. The number of nitrogens with zero attached hydrogens (tertiary/aromatic N) is 5. The van der Waals surface area contributed by atoms with Crippen LogP contribution in [0.3, 0.4) is 0 Å². The quantitative estimate of drug-likeness (QED) is 0.135. The topological polar surface area (TPSA) is 40.6 Å². The number of para-hydroxylation sites is 2. The van der Waals surface area contributed by atoms with E-state index in [0.29, 0.717) is 0 Å². The number of fused-ring (bicyclic) bond motifs is 5. The second-order valence-corrected chi connectivity index (χ2v) is 18.9. The highest BCUT2D eigenvalue weighted by atomic mass is 15.1. The smallest absolute Gasteiger partial charge is 0.145 e. The summed E-state index contributed by atoms with van der Waals surface area (Å²) in [7, 11) is 0. The van der Waals surface area contributed by atoms with Crippen molar-refractivity contribution in [1.29, 1.82) is 0 Å². The van der Waals surface area contributed by atoms with E-state index in [9.17, 15) is 0 Å². The maximum Gasteiger partial charge on any atom is 0.145 e. The second kappa shape index (κ2) is 17.8. The van der Waals surface area contributed by atoms with Gasteiger partial charge in [-0.25, -0.2) is 9.97 Å². The molecule has 0 aliphatic rings. The molecule has 5 nitrogen and oxygen atoms in total. The van der Waals surface area contributed by atoms with Crippen LogP contribution in [0.1, 0.15) is 5.56 Å². The zero-order valence-electron chi connectivity index (χ0n) is 40.6. The van der Waals surface area contributed by atoms with Crippen LogP contribution in [0.5, 0.6) is 0 Å². The Labute approximate surface area is 429 Å². The number of imidazole rings is 2. The van der Waals surface area contributed by atoms with Gasteiger partial charge in [-0.2, -0.15) is 0 Å². The number of rotatable bonds is 9. The second-order valence-electron chi connectivity index (χ2n) is 18.9. The van der Waals surface area contributed by atoms with Crippen LogP contribution in [0.4, 0.5) is 0 Å². The predicted molar refractivity (Wildman–Crippen MR) is 307 cm³/mol. The Balaban J connectivity index is 1.10. The average molecular weight is 946 g/mol. The van der Waals surface area contributed by atoms with Gasteiger partial charge >= 0.3 is 0 Å². The molecular weight excluding hydrogens is 899 g/mol. The van der Waals surface area contributed by atoms with Crippen molar-refractivity contribution in [3.63, 3.8) is 0 Å². The number of benzene rings is 11. The summed E-state index contributed by atoms with van der Waals surface area (Å²) < 4.78 is 7.19. The molecule has 0 amide bonds. The van der Waals surface area contributed by atoms with E-state index in [-0.39, 0.29) is 0 Å². The van der Waals surface area contributed by atoms with Crippen LogP contribution < -0.4 is 0 Å². The number of aromatic nitrogens is 5. The van der Waals surface area contributed by atoms with E-state index in [0.717, 1.165) is 107 Å². The minimum absolute atomic E-state index is 0.860. The fourth-order valence-electron chi connectivity index (χ4n) is 11.3. The van der Waals surface area contributed by atoms with E-state index in [1.807, 2.05) is 0 Å². The lowest BCUT2D eigenvalue weighted by molar-refractivity contribution is 1.07. The molecule has 11 aromatic carbocycles. The number of aryl methyl sites for hydroxylation is 1. The molecule has 3 heterocycles. The molecular formula is C69H47N5. The summed E-state index contributed by atoms with van der Waals surface area (Å²) in [6.07, 6.45) is 0. The Hall–Kier alpha value is -9.84. The highest BCUT2D eigenvalue weighted by molar-refractivity contribution is 6.17. The summed E-state index contributed by atoms with van der Waals surface area (Å²) in [6, 6.07) is 95.4. The van der Waals surface area contributed by atoms with Gasteiger partial charge in [0.05, 0.1) is 39.5 Å². The first-order chi connectivity index (χ1) is 36.7. The molecule has 5 heteroatoms. The highest BCUT2D eigenvalue weighted by Crippen LogP contribution is 2.46. The van der Waals surface area contributed by atoms with Gasteiger partial charge in [0.25, 0.3) is 0 Å². The van der Waals surface area contributed by atoms with E-state index < -0.39 is 0 Å². The first-order valence-electron chi connectivity index (χ1n) is 25.3. The van der Waals surface area contributed by atoms with E-state index in [4.69, 9.17) is 9.97 Å². The van der Waals surface area contributed by atoms with Crippen molar-refractivity contribution in [3.05, 3.63) is 272 Å². The highest BCUT2D eigenvalue weighted by Gasteiger charge is 2.27. The third kappa shape index (κ3) is 7.01. The molecule has 3 aromatic heterocycles. The molecule has 0 N–H and O–H groups in total. The molecule has 0 fully saturated rings. The van der Waals surface area contributed by atoms with E-state index in [1.165, 1.54) is 27.1 Å². The van der Waals surface area contributed by atoms with Gasteiger partial charge in [0, 0.05) is 66.3 Å². The molecule has 0 aliphatic carbocycles. The summed E-state index contributed by atoms with van der Waals surface area (Å²) in [4.78, 5) is 11.3. The third-order valence-electron chi connectivity index (χ3n) is 14.6. The van der Waals surface area contributed by atoms with Crippen molar-refractivity contribution < 1.29 is 0 Å². The Kier molecular flexibility index (Phi) is 10.3. The molecule has 14 rings (SSSR count). The first-order valence-corrected chi connectivity index (χ1v) is 25.3. The molecule has 0 radical (unpaired) electrons. The molecule has 0 spiro atoms. The Bertz CT molecular complexity index is 4100. The minimum Gasteiger partial charge on any atom is -0.308 e. The fourth-order valence-corrected chi connectivity index (χ4v) is 11.3. The van der Waals surface area contributed by atoms with Gasteiger partial charge in [-0.3, -0.25) is 9.13 Å². The van der Waals surface area contributed by atoms with E-state index in [2.05, 4.69) is 288 Å². The van der Waals surface area contributed by atoms with Crippen LogP contribution in [-0.4, -0.2) is 23.7 Å². The maximum absolute atomic E-state index is 5.67. The molecule has 74 heavy (non-hydrogen) atoms. The van der Waals surface area contributed by atoms with Gasteiger partial charge in [-0.15, -0.1) is 0 Å². The predicted octanol–water partition coefficient (Wildman–Crippen LogP) is 17.8. The van der Waals surface area contributed by atoms with Crippen molar-refractivity contribution in [3.8, 4) is 84.9 Å². The summed E-state index contributed by atoms with van der Waals surface area (Å²) in [5.74, 6) is 1.72.